The van der Waals surface area contributed by atoms with Gasteiger partial charge in [0.2, 0.25) is 0 Å². The number of nitrogens with zero attached hydrogens (tertiary/aromatic N) is 5. The van der Waals surface area contributed by atoms with Gasteiger partial charge in [-0.3, -0.25) is 10.1 Å². The number of aromatic nitrogens is 3. The van der Waals surface area contributed by atoms with Crippen LogP contribution in [0.1, 0.15) is 30.9 Å². The van der Waals surface area contributed by atoms with E-state index in [1.807, 2.05) is 19.9 Å². The molecule has 0 radical (unpaired) electrons. The lowest BCUT2D eigenvalue weighted by atomic mass is 10.2. The van der Waals surface area contributed by atoms with Crippen molar-refractivity contribution in [1.82, 2.24) is 14.8 Å². The zero-order valence-electron chi connectivity index (χ0n) is 11.2. The summed E-state index contributed by atoms with van der Waals surface area (Å²) in [4.78, 5) is 14.8. The normalized spacial score (nSPS) is 10.2. The number of hydrogen-bond acceptors (Lipinski definition) is 5. The Kier molecular flexibility index (Phi) is 3.75. The fraction of sp³-hybridized carbons (Fsp3) is 0.308. The summed E-state index contributed by atoms with van der Waals surface area (Å²) in [7, 11) is 0. The van der Waals surface area contributed by atoms with Gasteiger partial charge in [0.1, 0.15) is 23.1 Å². The zero-order valence-corrected chi connectivity index (χ0v) is 11.2. The largest absolute Gasteiger partial charge is 0.313 e. The van der Waals surface area contributed by atoms with Crippen molar-refractivity contribution in [3.63, 3.8) is 0 Å². The molecule has 7 nitrogen and oxygen atoms in total. The molecule has 2 aromatic rings. The van der Waals surface area contributed by atoms with Gasteiger partial charge in [-0.25, -0.2) is 9.67 Å². The number of pyridine rings is 1. The first-order valence-corrected chi connectivity index (χ1v) is 6.24. The molecule has 2 rings (SSSR count). The summed E-state index contributed by atoms with van der Waals surface area (Å²) in [6.45, 7) is 3.63. The Morgan fingerprint density at radius 3 is 2.75 bits per heavy atom. The summed E-state index contributed by atoms with van der Waals surface area (Å²) in [5, 5.41) is 24.6. The molecular weight excluding hydrogens is 258 g/mol. The van der Waals surface area contributed by atoms with E-state index in [1.165, 1.54) is 10.9 Å². The summed E-state index contributed by atoms with van der Waals surface area (Å²) < 4.78 is 1.46. The highest BCUT2D eigenvalue weighted by atomic mass is 16.6. The van der Waals surface area contributed by atoms with Gasteiger partial charge in [-0.2, -0.15) is 10.4 Å². The molecule has 0 amide bonds. The van der Waals surface area contributed by atoms with Crippen molar-refractivity contribution >= 4 is 5.69 Å². The number of rotatable bonds is 4. The maximum Gasteiger partial charge on any atom is 0.313 e. The Balaban J connectivity index is 2.75. The number of nitriles is 1. The number of nitro groups is 1. The third-order valence-electron chi connectivity index (χ3n) is 3.00. The Bertz CT molecular complexity index is 699. The number of hydrogen-bond donors (Lipinski definition) is 0. The van der Waals surface area contributed by atoms with Crippen LogP contribution >= 0.6 is 0 Å². The van der Waals surface area contributed by atoms with Crippen LogP contribution in [0.2, 0.25) is 0 Å². The maximum absolute atomic E-state index is 11.2. The predicted molar refractivity (Wildman–Crippen MR) is 71.5 cm³/mol. The second kappa shape index (κ2) is 5.48. The average molecular weight is 271 g/mol. The van der Waals surface area contributed by atoms with Crippen LogP contribution in [0.5, 0.6) is 0 Å². The van der Waals surface area contributed by atoms with Crippen LogP contribution in [0.4, 0.5) is 5.69 Å². The molecule has 7 heteroatoms. The van der Waals surface area contributed by atoms with Gasteiger partial charge in [-0.05, 0) is 25.0 Å². The molecule has 20 heavy (non-hydrogen) atoms. The quantitative estimate of drug-likeness (QED) is 0.627. The molecule has 0 unspecified atom stereocenters. The Labute approximate surface area is 115 Å². The minimum Gasteiger partial charge on any atom is -0.258 e. The molecule has 2 aromatic heterocycles. The SMILES string of the molecule is CCc1nn(-c2cccnc2C#N)c(CC)c1[N+](=O)[O-]. The number of aryl methyl sites for hydroxylation is 1. The first-order valence-electron chi connectivity index (χ1n) is 6.24. The second-order valence-corrected chi connectivity index (χ2v) is 4.10. The molecule has 0 aromatic carbocycles. The summed E-state index contributed by atoms with van der Waals surface area (Å²) in [5.74, 6) is 0. The summed E-state index contributed by atoms with van der Waals surface area (Å²) in [5.41, 5.74) is 1.59. The first kappa shape index (κ1) is 13.7. The summed E-state index contributed by atoms with van der Waals surface area (Å²) >= 11 is 0. The zero-order chi connectivity index (χ0) is 14.7. The highest BCUT2D eigenvalue weighted by Gasteiger charge is 2.27. The minimum absolute atomic E-state index is 0.0303. The van der Waals surface area contributed by atoms with E-state index in [-0.39, 0.29) is 11.4 Å². The van der Waals surface area contributed by atoms with Crippen molar-refractivity contribution in [2.75, 3.05) is 0 Å². The molecule has 0 aliphatic carbocycles. The van der Waals surface area contributed by atoms with E-state index in [0.717, 1.165) is 0 Å². The fourth-order valence-corrected chi connectivity index (χ4v) is 2.11. The van der Waals surface area contributed by atoms with E-state index >= 15 is 0 Å². The molecule has 0 fully saturated rings. The molecular formula is C13H13N5O2. The second-order valence-electron chi connectivity index (χ2n) is 4.10. The van der Waals surface area contributed by atoms with Gasteiger partial charge in [-0.1, -0.05) is 13.8 Å². The van der Waals surface area contributed by atoms with Gasteiger partial charge >= 0.3 is 5.69 Å². The summed E-state index contributed by atoms with van der Waals surface area (Å²) in [6.07, 6.45) is 2.41. The Morgan fingerprint density at radius 1 is 1.45 bits per heavy atom. The van der Waals surface area contributed by atoms with Crippen molar-refractivity contribution < 1.29 is 4.92 Å². The maximum atomic E-state index is 11.2. The molecule has 0 spiro atoms. The molecule has 102 valence electrons. The highest BCUT2D eigenvalue weighted by molar-refractivity contribution is 5.50. The molecule has 0 aliphatic heterocycles. The summed E-state index contributed by atoms with van der Waals surface area (Å²) in [6, 6.07) is 5.34. The van der Waals surface area contributed by atoms with Gasteiger partial charge in [0.15, 0.2) is 5.69 Å². The lowest BCUT2D eigenvalue weighted by Gasteiger charge is -2.05. The van der Waals surface area contributed by atoms with E-state index in [9.17, 15) is 10.1 Å². The van der Waals surface area contributed by atoms with Crippen LogP contribution < -0.4 is 0 Å². The van der Waals surface area contributed by atoms with E-state index in [2.05, 4.69) is 10.1 Å². The van der Waals surface area contributed by atoms with Crippen LogP contribution in [0.3, 0.4) is 0 Å². The van der Waals surface area contributed by atoms with E-state index < -0.39 is 4.92 Å². The lowest BCUT2D eigenvalue weighted by molar-refractivity contribution is -0.386. The predicted octanol–water partition coefficient (Wildman–Crippen LogP) is 2.17. The van der Waals surface area contributed by atoms with Gasteiger partial charge in [-0.15, -0.1) is 0 Å². The van der Waals surface area contributed by atoms with E-state index in [1.54, 1.807) is 12.1 Å². The van der Waals surface area contributed by atoms with Gasteiger partial charge in [0, 0.05) is 6.20 Å². The topological polar surface area (TPSA) is 97.6 Å². The van der Waals surface area contributed by atoms with Crippen molar-refractivity contribution in [1.29, 1.82) is 5.26 Å². The lowest BCUT2D eigenvalue weighted by Crippen LogP contribution is -2.05. The average Bonchev–Trinajstić information content (AvgIpc) is 2.85. The molecule has 0 N–H and O–H groups in total. The van der Waals surface area contributed by atoms with Crippen molar-refractivity contribution in [2.24, 2.45) is 0 Å². The van der Waals surface area contributed by atoms with Gasteiger partial charge < -0.3 is 0 Å². The van der Waals surface area contributed by atoms with Gasteiger partial charge in [0.05, 0.1) is 4.92 Å². The molecule has 0 saturated carbocycles. The third-order valence-corrected chi connectivity index (χ3v) is 3.00. The molecule has 0 bridgehead atoms. The van der Waals surface area contributed by atoms with Crippen LogP contribution in [-0.2, 0) is 12.8 Å². The van der Waals surface area contributed by atoms with Crippen LogP contribution in [-0.4, -0.2) is 19.7 Å². The smallest absolute Gasteiger partial charge is 0.258 e. The fourth-order valence-electron chi connectivity index (χ4n) is 2.11. The van der Waals surface area contributed by atoms with Crippen LogP contribution in [0.15, 0.2) is 18.3 Å². The Morgan fingerprint density at radius 2 is 2.20 bits per heavy atom. The third kappa shape index (κ3) is 2.12. The van der Waals surface area contributed by atoms with E-state index in [4.69, 9.17) is 5.26 Å². The van der Waals surface area contributed by atoms with Gasteiger partial charge in [0.25, 0.3) is 0 Å². The Hall–Kier alpha value is -2.75. The molecule has 0 aliphatic rings. The van der Waals surface area contributed by atoms with Crippen molar-refractivity contribution in [2.45, 2.75) is 26.7 Å². The molecule has 0 saturated heterocycles. The van der Waals surface area contributed by atoms with Crippen LogP contribution in [0.25, 0.3) is 5.69 Å². The van der Waals surface area contributed by atoms with Crippen molar-refractivity contribution in [3.05, 3.63) is 45.5 Å². The molecule has 2 heterocycles. The molecule has 0 atom stereocenters. The minimum atomic E-state index is -0.413. The van der Waals surface area contributed by atoms with E-state index in [0.29, 0.717) is 29.9 Å². The van der Waals surface area contributed by atoms with Crippen LogP contribution in [0, 0.1) is 21.4 Å². The standard InChI is InChI=1S/C13H13N5O2/c1-3-9-13(18(19)20)11(4-2)17(16-9)12-6-5-7-15-10(12)8-14/h5-7H,3-4H2,1-2H3. The first-order chi connectivity index (χ1) is 9.63. The monoisotopic (exact) mass is 271 g/mol. The van der Waals surface area contributed by atoms with Crippen molar-refractivity contribution in [3.8, 4) is 11.8 Å². The highest BCUT2D eigenvalue weighted by Crippen LogP contribution is 2.27.